The Labute approximate surface area is 227 Å². The molecule has 202 valence electrons. The average Bonchev–Trinajstić information content (AvgIpc) is 2.94. The molecule has 0 amide bonds. The minimum atomic E-state index is -0.419. The number of rotatable bonds is 14. The predicted octanol–water partition coefficient (Wildman–Crippen LogP) is 8.51. The van der Waals surface area contributed by atoms with Gasteiger partial charge in [0.2, 0.25) is 0 Å². The quantitative estimate of drug-likeness (QED) is 0.122. The van der Waals surface area contributed by atoms with E-state index in [0.717, 1.165) is 36.1 Å². The third-order valence-electron chi connectivity index (χ3n) is 6.61. The molecule has 3 aromatic rings. The molecule has 5 nitrogen and oxygen atoms in total. The van der Waals surface area contributed by atoms with Crippen LogP contribution in [0, 0.1) is 5.92 Å². The molecule has 3 aromatic carbocycles. The molecule has 0 saturated carbocycles. The Hall–Kier alpha value is -3.60. The van der Waals surface area contributed by atoms with Gasteiger partial charge in [-0.2, -0.15) is 0 Å². The molecule has 0 saturated heterocycles. The van der Waals surface area contributed by atoms with Crippen LogP contribution in [0.4, 0.5) is 0 Å². The number of esters is 2. The van der Waals surface area contributed by atoms with Crippen LogP contribution in [0.5, 0.6) is 11.5 Å². The molecule has 5 heteroatoms. The molecule has 1 unspecified atom stereocenters. The van der Waals surface area contributed by atoms with E-state index in [0.29, 0.717) is 29.4 Å². The summed E-state index contributed by atoms with van der Waals surface area (Å²) in [5, 5.41) is 0. The van der Waals surface area contributed by atoms with Crippen LogP contribution >= 0.6 is 0 Å². The summed E-state index contributed by atoms with van der Waals surface area (Å²) in [5.74, 6) is 0.833. The molecule has 0 aliphatic carbocycles. The van der Waals surface area contributed by atoms with E-state index >= 15 is 0 Å². The Morgan fingerprint density at radius 3 is 1.84 bits per heavy atom. The predicted molar refractivity (Wildman–Crippen MR) is 152 cm³/mol. The zero-order valence-electron chi connectivity index (χ0n) is 23.1. The highest BCUT2D eigenvalue weighted by Crippen LogP contribution is 2.24. The fourth-order valence-corrected chi connectivity index (χ4v) is 3.92. The van der Waals surface area contributed by atoms with Crippen molar-refractivity contribution in [3.05, 3.63) is 83.9 Å². The van der Waals surface area contributed by atoms with Crippen LogP contribution in [-0.2, 0) is 4.74 Å². The van der Waals surface area contributed by atoms with Crippen molar-refractivity contribution >= 4 is 11.9 Å². The minimum absolute atomic E-state index is 0.141. The second-order valence-electron chi connectivity index (χ2n) is 9.91. The van der Waals surface area contributed by atoms with Crippen molar-refractivity contribution in [3.63, 3.8) is 0 Å². The van der Waals surface area contributed by atoms with Crippen molar-refractivity contribution in [2.75, 3.05) is 6.61 Å². The van der Waals surface area contributed by atoms with Gasteiger partial charge in [-0.05, 0) is 85.3 Å². The van der Waals surface area contributed by atoms with E-state index in [1.165, 1.54) is 19.3 Å². The van der Waals surface area contributed by atoms with Gasteiger partial charge in [-0.3, -0.25) is 0 Å². The highest BCUT2D eigenvalue weighted by Gasteiger charge is 2.12. The van der Waals surface area contributed by atoms with Gasteiger partial charge in [0.1, 0.15) is 11.5 Å². The summed E-state index contributed by atoms with van der Waals surface area (Å²) in [7, 11) is 0. The van der Waals surface area contributed by atoms with Crippen LogP contribution in [0.15, 0.2) is 72.8 Å². The summed E-state index contributed by atoms with van der Waals surface area (Å²) >= 11 is 0. The van der Waals surface area contributed by atoms with Gasteiger partial charge in [0.25, 0.3) is 0 Å². The van der Waals surface area contributed by atoms with E-state index in [-0.39, 0.29) is 12.1 Å². The SMILES string of the molecule is CCCCCCC(C)Oc1ccc(C(=O)Oc2ccc(-c3ccc(C(=O)OC[C@@H](C)CC)cc3)cc2)cc1. The number of unbranched alkanes of at least 4 members (excludes halogenated alkanes) is 3. The number of carbonyl (C=O) groups excluding carboxylic acids is 2. The molecule has 3 rings (SSSR count). The van der Waals surface area contributed by atoms with E-state index in [2.05, 4.69) is 27.7 Å². The lowest BCUT2D eigenvalue weighted by Crippen LogP contribution is -2.12. The topological polar surface area (TPSA) is 61.8 Å². The number of hydrogen-bond donors (Lipinski definition) is 0. The van der Waals surface area contributed by atoms with Crippen molar-refractivity contribution < 1.29 is 23.8 Å². The molecule has 0 bridgehead atoms. The molecule has 0 aliphatic heterocycles. The summed E-state index contributed by atoms with van der Waals surface area (Å²) < 4.78 is 16.9. The zero-order chi connectivity index (χ0) is 27.3. The first-order valence-electron chi connectivity index (χ1n) is 13.8. The second-order valence-corrected chi connectivity index (χ2v) is 9.91. The Kier molecular flexibility index (Phi) is 11.4. The molecular formula is C33H40O5. The van der Waals surface area contributed by atoms with Crippen LogP contribution in [0.25, 0.3) is 11.1 Å². The smallest absolute Gasteiger partial charge is 0.343 e. The average molecular weight is 517 g/mol. The van der Waals surface area contributed by atoms with Gasteiger partial charge >= 0.3 is 11.9 Å². The van der Waals surface area contributed by atoms with E-state index in [1.54, 1.807) is 36.4 Å². The van der Waals surface area contributed by atoms with Gasteiger partial charge in [-0.25, -0.2) is 9.59 Å². The lowest BCUT2D eigenvalue weighted by molar-refractivity contribution is 0.0447. The molecule has 0 N–H and O–H groups in total. The van der Waals surface area contributed by atoms with Gasteiger partial charge in [-0.15, -0.1) is 0 Å². The molecule has 0 radical (unpaired) electrons. The summed E-state index contributed by atoms with van der Waals surface area (Å²) in [6.07, 6.45) is 7.02. The van der Waals surface area contributed by atoms with Crippen molar-refractivity contribution in [2.45, 2.75) is 72.3 Å². The van der Waals surface area contributed by atoms with Crippen LogP contribution < -0.4 is 9.47 Å². The molecule has 0 heterocycles. The minimum Gasteiger partial charge on any atom is -0.491 e. The van der Waals surface area contributed by atoms with Crippen LogP contribution in [-0.4, -0.2) is 24.6 Å². The molecule has 0 fully saturated rings. The van der Waals surface area contributed by atoms with E-state index in [1.807, 2.05) is 36.4 Å². The van der Waals surface area contributed by atoms with Crippen molar-refractivity contribution in [1.29, 1.82) is 0 Å². The monoisotopic (exact) mass is 516 g/mol. The highest BCUT2D eigenvalue weighted by atomic mass is 16.5. The van der Waals surface area contributed by atoms with Gasteiger partial charge in [0, 0.05) is 0 Å². The third kappa shape index (κ3) is 9.05. The standard InChI is InChI=1S/C33H40O5/c1-5-7-8-9-10-25(4)37-30-21-17-29(18-22-30)33(35)38-31-19-15-27(16-20-31)26-11-13-28(14-12-26)32(34)36-23-24(3)6-2/h11-22,24-25H,5-10,23H2,1-4H3/t24-,25?/m0/s1. The van der Waals surface area contributed by atoms with Crippen molar-refractivity contribution in [1.82, 2.24) is 0 Å². The maximum Gasteiger partial charge on any atom is 0.343 e. The Morgan fingerprint density at radius 2 is 1.24 bits per heavy atom. The molecular weight excluding hydrogens is 476 g/mol. The number of benzene rings is 3. The Balaban J connectivity index is 1.51. The number of carbonyl (C=O) groups is 2. The molecule has 0 aromatic heterocycles. The second kappa shape index (κ2) is 15.0. The van der Waals surface area contributed by atoms with Crippen LogP contribution in [0.1, 0.15) is 86.9 Å². The lowest BCUT2D eigenvalue weighted by Gasteiger charge is -2.14. The Bertz CT molecular complexity index is 1130. The van der Waals surface area contributed by atoms with Gasteiger partial charge < -0.3 is 14.2 Å². The zero-order valence-corrected chi connectivity index (χ0v) is 23.1. The van der Waals surface area contributed by atoms with Crippen LogP contribution in [0.3, 0.4) is 0 Å². The first-order valence-corrected chi connectivity index (χ1v) is 13.8. The number of ether oxygens (including phenoxy) is 3. The molecule has 38 heavy (non-hydrogen) atoms. The van der Waals surface area contributed by atoms with Crippen molar-refractivity contribution in [3.8, 4) is 22.6 Å². The van der Waals surface area contributed by atoms with Crippen LogP contribution in [0.2, 0.25) is 0 Å². The first-order chi connectivity index (χ1) is 18.4. The maximum absolute atomic E-state index is 12.6. The maximum atomic E-state index is 12.6. The third-order valence-corrected chi connectivity index (χ3v) is 6.61. The number of hydrogen-bond acceptors (Lipinski definition) is 5. The Morgan fingerprint density at radius 1 is 0.684 bits per heavy atom. The normalized spacial score (nSPS) is 12.4. The fourth-order valence-electron chi connectivity index (χ4n) is 3.92. The summed E-state index contributed by atoms with van der Waals surface area (Å²) in [6.45, 7) is 8.84. The molecule has 0 spiro atoms. The van der Waals surface area contributed by atoms with E-state index in [9.17, 15) is 9.59 Å². The lowest BCUT2D eigenvalue weighted by atomic mass is 10.0. The van der Waals surface area contributed by atoms with E-state index < -0.39 is 5.97 Å². The van der Waals surface area contributed by atoms with E-state index in [4.69, 9.17) is 14.2 Å². The molecule has 0 aliphatic rings. The van der Waals surface area contributed by atoms with Gasteiger partial charge in [-0.1, -0.05) is 70.7 Å². The summed E-state index contributed by atoms with van der Waals surface area (Å²) in [5.41, 5.74) is 2.90. The summed E-state index contributed by atoms with van der Waals surface area (Å²) in [6, 6.07) is 21.7. The molecule has 2 atom stereocenters. The summed E-state index contributed by atoms with van der Waals surface area (Å²) in [4.78, 5) is 24.8. The van der Waals surface area contributed by atoms with Crippen molar-refractivity contribution in [2.24, 2.45) is 5.92 Å². The first kappa shape index (κ1) is 29.0. The largest absolute Gasteiger partial charge is 0.491 e. The highest BCUT2D eigenvalue weighted by molar-refractivity contribution is 5.91. The van der Waals surface area contributed by atoms with Gasteiger partial charge in [0.05, 0.1) is 23.8 Å². The fraction of sp³-hybridized carbons (Fsp3) is 0.394. The van der Waals surface area contributed by atoms with Gasteiger partial charge in [0.15, 0.2) is 0 Å².